The third-order valence-corrected chi connectivity index (χ3v) is 1.12. The van der Waals surface area contributed by atoms with E-state index in [-0.39, 0.29) is 12.3 Å². The summed E-state index contributed by atoms with van der Waals surface area (Å²) in [6.45, 7) is 0. The SMILES string of the molecule is NNC(=O)C[C@H](O)CCl. The number of hydrazine groups is 1. The number of hydrogen-bond donors (Lipinski definition) is 3. The van der Waals surface area contributed by atoms with E-state index in [2.05, 4.69) is 0 Å². The summed E-state index contributed by atoms with van der Waals surface area (Å²) in [5.41, 5.74) is 1.87. The van der Waals surface area contributed by atoms with Crippen molar-refractivity contribution in [3.05, 3.63) is 0 Å². The molecular formula is C4H9ClN2O2. The Morgan fingerprint density at radius 2 is 2.44 bits per heavy atom. The molecule has 4 N–H and O–H groups in total. The average Bonchev–Trinajstić information content (AvgIpc) is 1.87. The number of aliphatic hydroxyl groups is 1. The summed E-state index contributed by atoms with van der Waals surface area (Å²) in [4.78, 5) is 10.3. The highest BCUT2D eigenvalue weighted by Gasteiger charge is 2.06. The summed E-state index contributed by atoms with van der Waals surface area (Å²) < 4.78 is 0. The van der Waals surface area contributed by atoms with Gasteiger partial charge in [-0.2, -0.15) is 0 Å². The Kier molecular flexibility index (Phi) is 4.39. The smallest absolute Gasteiger partial charge is 0.236 e. The van der Waals surface area contributed by atoms with Gasteiger partial charge in [-0.15, -0.1) is 11.6 Å². The molecule has 0 aromatic rings. The van der Waals surface area contributed by atoms with Crippen LogP contribution in [0.25, 0.3) is 0 Å². The average molecular weight is 153 g/mol. The minimum Gasteiger partial charge on any atom is -0.391 e. The molecular weight excluding hydrogens is 144 g/mol. The molecule has 0 fully saturated rings. The minimum absolute atomic E-state index is 0.0417. The van der Waals surface area contributed by atoms with Crippen molar-refractivity contribution < 1.29 is 9.90 Å². The van der Waals surface area contributed by atoms with Crippen LogP contribution in [0.4, 0.5) is 0 Å². The number of nitrogens with two attached hydrogens (primary N) is 1. The van der Waals surface area contributed by atoms with Crippen molar-refractivity contribution in [2.45, 2.75) is 12.5 Å². The van der Waals surface area contributed by atoms with Gasteiger partial charge in [0.25, 0.3) is 0 Å². The number of carbonyl (C=O) groups is 1. The number of alkyl halides is 1. The van der Waals surface area contributed by atoms with Gasteiger partial charge in [-0.3, -0.25) is 10.2 Å². The molecule has 0 spiro atoms. The van der Waals surface area contributed by atoms with Gasteiger partial charge in [-0.1, -0.05) is 0 Å². The number of hydrogen-bond acceptors (Lipinski definition) is 3. The van der Waals surface area contributed by atoms with Crippen LogP contribution in [0.5, 0.6) is 0 Å². The van der Waals surface area contributed by atoms with Crippen LogP contribution in [0.2, 0.25) is 0 Å². The van der Waals surface area contributed by atoms with Crippen molar-refractivity contribution in [3.63, 3.8) is 0 Å². The zero-order chi connectivity index (χ0) is 7.28. The van der Waals surface area contributed by atoms with Crippen LogP contribution in [-0.2, 0) is 4.79 Å². The molecule has 4 nitrogen and oxygen atoms in total. The predicted molar refractivity (Wildman–Crippen MR) is 33.7 cm³/mol. The molecule has 0 aliphatic carbocycles. The molecule has 0 aromatic heterocycles. The van der Waals surface area contributed by atoms with Crippen LogP contribution in [0.15, 0.2) is 0 Å². The molecule has 54 valence electrons. The zero-order valence-corrected chi connectivity index (χ0v) is 5.56. The predicted octanol–water partition coefficient (Wildman–Crippen LogP) is -1.03. The topological polar surface area (TPSA) is 75.3 Å². The standard InChI is InChI=1S/C4H9ClN2O2/c5-2-3(8)1-4(9)7-6/h3,8H,1-2,6H2,(H,7,9)/t3-/m0/s1. The Morgan fingerprint density at radius 1 is 1.89 bits per heavy atom. The molecule has 0 aliphatic heterocycles. The molecule has 0 saturated carbocycles. The van der Waals surface area contributed by atoms with Crippen molar-refractivity contribution >= 4 is 17.5 Å². The molecule has 9 heavy (non-hydrogen) atoms. The van der Waals surface area contributed by atoms with Gasteiger partial charge in [0, 0.05) is 5.88 Å². The van der Waals surface area contributed by atoms with Gasteiger partial charge in [0.05, 0.1) is 12.5 Å². The third-order valence-electron chi connectivity index (χ3n) is 0.760. The second-order valence-corrected chi connectivity index (χ2v) is 1.89. The van der Waals surface area contributed by atoms with Crippen LogP contribution in [0.1, 0.15) is 6.42 Å². The van der Waals surface area contributed by atoms with Gasteiger partial charge in [-0.25, -0.2) is 5.84 Å². The van der Waals surface area contributed by atoms with E-state index in [9.17, 15) is 4.79 Å². The summed E-state index contributed by atoms with van der Waals surface area (Å²) in [5, 5.41) is 8.71. The van der Waals surface area contributed by atoms with E-state index in [4.69, 9.17) is 22.6 Å². The van der Waals surface area contributed by atoms with Crippen molar-refractivity contribution in [2.75, 3.05) is 5.88 Å². The lowest BCUT2D eigenvalue weighted by Gasteiger charge is -2.02. The van der Waals surface area contributed by atoms with E-state index in [1.807, 2.05) is 5.43 Å². The van der Waals surface area contributed by atoms with Crippen molar-refractivity contribution in [3.8, 4) is 0 Å². The van der Waals surface area contributed by atoms with Gasteiger partial charge in [0.2, 0.25) is 5.91 Å². The maximum Gasteiger partial charge on any atom is 0.236 e. The van der Waals surface area contributed by atoms with Crippen molar-refractivity contribution in [1.82, 2.24) is 5.43 Å². The number of nitrogens with one attached hydrogen (secondary N) is 1. The lowest BCUT2D eigenvalue weighted by atomic mass is 10.3. The number of carbonyl (C=O) groups excluding carboxylic acids is 1. The maximum atomic E-state index is 10.3. The quantitative estimate of drug-likeness (QED) is 0.209. The number of halogens is 1. The first-order valence-electron chi connectivity index (χ1n) is 2.44. The van der Waals surface area contributed by atoms with Gasteiger partial charge < -0.3 is 5.11 Å². The zero-order valence-electron chi connectivity index (χ0n) is 4.80. The number of rotatable bonds is 3. The first-order chi connectivity index (χ1) is 4.20. The second-order valence-electron chi connectivity index (χ2n) is 1.58. The van der Waals surface area contributed by atoms with Gasteiger partial charge in [0.1, 0.15) is 0 Å². The molecule has 0 heterocycles. The molecule has 0 aliphatic rings. The van der Waals surface area contributed by atoms with E-state index in [0.717, 1.165) is 0 Å². The summed E-state index contributed by atoms with van der Waals surface area (Å²) >= 11 is 5.18. The molecule has 1 atom stereocenters. The van der Waals surface area contributed by atoms with Crippen LogP contribution in [-0.4, -0.2) is 23.0 Å². The van der Waals surface area contributed by atoms with E-state index >= 15 is 0 Å². The largest absolute Gasteiger partial charge is 0.391 e. The highest BCUT2D eigenvalue weighted by molar-refractivity contribution is 6.18. The summed E-state index contributed by atoms with van der Waals surface area (Å²) in [6.07, 6.45) is -0.838. The van der Waals surface area contributed by atoms with Crippen LogP contribution >= 0.6 is 11.6 Å². The minimum atomic E-state index is -0.796. The molecule has 0 radical (unpaired) electrons. The van der Waals surface area contributed by atoms with E-state index in [1.54, 1.807) is 0 Å². The normalized spacial score (nSPS) is 12.8. The Bertz CT molecular complexity index is 98.6. The number of amides is 1. The maximum absolute atomic E-state index is 10.3. The number of aliphatic hydroxyl groups excluding tert-OH is 1. The monoisotopic (exact) mass is 152 g/mol. The van der Waals surface area contributed by atoms with Crippen LogP contribution in [0.3, 0.4) is 0 Å². The lowest BCUT2D eigenvalue weighted by molar-refractivity contribution is -0.122. The first kappa shape index (κ1) is 8.68. The highest BCUT2D eigenvalue weighted by Crippen LogP contribution is 1.92. The van der Waals surface area contributed by atoms with Crippen molar-refractivity contribution in [2.24, 2.45) is 5.84 Å². The van der Waals surface area contributed by atoms with E-state index < -0.39 is 12.0 Å². The Balaban J connectivity index is 3.34. The first-order valence-corrected chi connectivity index (χ1v) is 2.97. The fourth-order valence-corrected chi connectivity index (χ4v) is 0.437. The molecule has 0 aromatic carbocycles. The Labute approximate surface area is 58.0 Å². The summed E-state index contributed by atoms with van der Waals surface area (Å²) in [6, 6.07) is 0. The van der Waals surface area contributed by atoms with Gasteiger partial charge in [0.15, 0.2) is 0 Å². The lowest BCUT2D eigenvalue weighted by Crippen LogP contribution is -2.33. The summed E-state index contributed by atoms with van der Waals surface area (Å²) in [7, 11) is 0. The highest BCUT2D eigenvalue weighted by atomic mass is 35.5. The van der Waals surface area contributed by atoms with Crippen LogP contribution < -0.4 is 11.3 Å². The Hall–Kier alpha value is -0.320. The molecule has 0 rings (SSSR count). The molecule has 0 bridgehead atoms. The Morgan fingerprint density at radius 3 is 2.78 bits per heavy atom. The molecule has 5 heteroatoms. The van der Waals surface area contributed by atoms with Gasteiger partial charge >= 0.3 is 0 Å². The van der Waals surface area contributed by atoms with E-state index in [1.165, 1.54) is 0 Å². The fraction of sp³-hybridized carbons (Fsp3) is 0.750. The van der Waals surface area contributed by atoms with Crippen LogP contribution in [0, 0.1) is 0 Å². The summed E-state index contributed by atoms with van der Waals surface area (Å²) in [5.74, 6) is 4.36. The molecule has 1 amide bonds. The fourth-order valence-electron chi connectivity index (χ4n) is 0.327. The van der Waals surface area contributed by atoms with E-state index in [0.29, 0.717) is 0 Å². The van der Waals surface area contributed by atoms with Crippen molar-refractivity contribution in [1.29, 1.82) is 0 Å². The second kappa shape index (κ2) is 4.55. The molecule has 0 saturated heterocycles. The van der Waals surface area contributed by atoms with Gasteiger partial charge in [-0.05, 0) is 0 Å². The third kappa shape index (κ3) is 4.20. The molecule has 0 unspecified atom stereocenters.